The summed E-state index contributed by atoms with van der Waals surface area (Å²) in [6.07, 6.45) is 1.43. The van der Waals surface area contributed by atoms with Crippen molar-refractivity contribution >= 4 is 28.4 Å². The van der Waals surface area contributed by atoms with Crippen molar-refractivity contribution in [3.63, 3.8) is 0 Å². The number of ether oxygens (including phenoxy) is 2. The number of fused-ring (bicyclic) bond motifs is 1. The normalized spacial score (nSPS) is 17.1. The van der Waals surface area contributed by atoms with Crippen molar-refractivity contribution in [2.75, 3.05) is 39.5 Å². The number of ketones is 1. The molecule has 0 unspecified atom stereocenters. The van der Waals surface area contributed by atoms with Gasteiger partial charge in [0, 0.05) is 43.1 Å². The van der Waals surface area contributed by atoms with Crippen molar-refractivity contribution in [3.8, 4) is 17.1 Å². The molecule has 8 heteroatoms. The molecule has 1 spiro atoms. The average Bonchev–Trinajstić information content (AvgIpc) is 3.10. The van der Waals surface area contributed by atoms with Crippen LogP contribution in [0.4, 0.5) is 4.39 Å². The maximum atomic E-state index is 13.8. The van der Waals surface area contributed by atoms with Crippen LogP contribution >= 0.6 is 11.6 Å². The monoisotopic (exact) mass is 499 g/mol. The Kier molecular flexibility index (Phi) is 6.84. The van der Waals surface area contributed by atoms with Gasteiger partial charge in [0.25, 0.3) is 0 Å². The first-order valence-corrected chi connectivity index (χ1v) is 12.6. The molecule has 0 radical (unpaired) electrons. The van der Waals surface area contributed by atoms with Crippen LogP contribution in [-0.4, -0.2) is 59.7 Å². The van der Waals surface area contributed by atoms with Crippen LogP contribution in [0.1, 0.15) is 26.7 Å². The second-order valence-electron chi connectivity index (χ2n) is 10.3. The van der Waals surface area contributed by atoms with Crippen LogP contribution in [0.15, 0.2) is 36.4 Å². The van der Waals surface area contributed by atoms with Gasteiger partial charge < -0.3 is 18.9 Å². The van der Waals surface area contributed by atoms with E-state index >= 15 is 0 Å². The number of hydrogen-bond donors (Lipinski definition) is 0. The minimum atomic E-state index is -0.487. The summed E-state index contributed by atoms with van der Waals surface area (Å²) in [5, 5.41) is 0.0246. The second-order valence-corrected chi connectivity index (χ2v) is 10.8. The number of halogens is 2. The molecule has 0 amide bonds. The summed E-state index contributed by atoms with van der Waals surface area (Å²) in [6, 6.07) is 10.3. The van der Waals surface area contributed by atoms with Gasteiger partial charge in [0.2, 0.25) is 0 Å². The Labute approximate surface area is 210 Å². The molecule has 5 rings (SSSR count). The van der Waals surface area contributed by atoms with Gasteiger partial charge in [-0.3, -0.25) is 4.79 Å². The van der Waals surface area contributed by atoms with Crippen LogP contribution in [0.2, 0.25) is 5.02 Å². The number of nitrogens with zero attached hydrogens (tertiary/aromatic N) is 3. The zero-order valence-electron chi connectivity index (χ0n) is 20.2. The lowest BCUT2D eigenvalue weighted by atomic mass is 9.78. The molecule has 35 heavy (non-hydrogen) atoms. The predicted molar refractivity (Wildman–Crippen MR) is 134 cm³/mol. The quantitative estimate of drug-likeness (QED) is 0.358. The van der Waals surface area contributed by atoms with Gasteiger partial charge in [-0.1, -0.05) is 25.4 Å². The summed E-state index contributed by atoms with van der Waals surface area (Å²) >= 11 is 6.04. The van der Waals surface area contributed by atoms with E-state index in [1.165, 1.54) is 6.07 Å². The Morgan fingerprint density at radius 2 is 2.03 bits per heavy atom. The molecule has 2 aliphatic heterocycles. The first-order chi connectivity index (χ1) is 16.8. The molecule has 0 aliphatic carbocycles. The number of rotatable bonds is 10. The summed E-state index contributed by atoms with van der Waals surface area (Å²) in [5.74, 6) is 1.23. The van der Waals surface area contributed by atoms with E-state index < -0.39 is 5.82 Å². The summed E-state index contributed by atoms with van der Waals surface area (Å²) in [4.78, 5) is 19.9. The first kappa shape index (κ1) is 24.2. The van der Waals surface area contributed by atoms with Crippen molar-refractivity contribution in [2.45, 2.75) is 33.2 Å². The van der Waals surface area contributed by atoms with Crippen LogP contribution in [0.25, 0.3) is 22.4 Å². The molecular weight excluding hydrogens is 469 g/mol. The number of aromatic nitrogens is 2. The van der Waals surface area contributed by atoms with Gasteiger partial charge in [0.05, 0.1) is 42.4 Å². The topological polar surface area (TPSA) is 56.6 Å². The van der Waals surface area contributed by atoms with Gasteiger partial charge in [-0.15, -0.1) is 0 Å². The van der Waals surface area contributed by atoms with Crippen LogP contribution in [0.3, 0.4) is 0 Å². The molecule has 2 saturated heterocycles. The van der Waals surface area contributed by atoms with E-state index in [1.807, 2.05) is 36.6 Å². The molecule has 3 aromatic rings. The van der Waals surface area contributed by atoms with Gasteiger partial charge in [-0.2, -0.15) is 0 Å². The Morgan fingerprint density at radius 3 is 2.71 bits per heavy atom. The summed E-state index contributed by atoms with van der Waals surface area (Å²) in [7, 11) is 0. The molecule has 2 aromatic carbocycles. The molecule has 1 aromatic heterocycles. The van der Waals surface area contributed by atoms with Gasteiger partial charge in [-0.05, 0) is 42.7 Å². The zero-order valence-corrected chi connectivity index (χ0v) is 21.0. The Balaban J connectivity index is 1.31. The van der Waals surface area contributed by atoms with E-state index in [2.05, 4.69) is 4.90 Å². The fourth-order valence-corrected chi connectivity index (χ4v) is 5.20. The lowest BCUT2D eigenvalue weighted by Gasteiger charge is -2.55. The fourth-order valence-electron chi connectivity index (χ4n) is 5.02. The molecule has 2 fully saturated rings. The van der Waals surface area contributed by atoms with Crippen LogP contribution < -0.4 is 4.74 Å². The van der Waals surface area contributed by atoms with Crippen molar-refractivity contribution in [3.05, 3.63) is 47.2 Å². The van der Waals surface area contributed by atoms with E-state index in [1.54, 1.807) is 12.1 Å². The standard InChI is InChI=1S/C27H31ClFN3O3/c1-18(2)10-20(33)13-32-25-7-5-21(35-9-3-8-31-14-27(15-31)16-34-17-27)12-24(25)30-26(32)19-4-6-23(29)22(28)11-19/h4-7,11-12,18H,3,8-10,13-17H2,1-2H3. The molecule has 0 N–H and O–H groups in total. The third-order valence-electron chi connectivity index (χ3n) is 6.69. The zero-order chi connectivity index (χ0) is 24.6. The Morgan fingerprint density at radius 1 is 1.23 bits per heavy atom. The number of carbonyl (C=O) groups is 1. The molecule has 0 bridgehead atoms. The summed E-state index contributed by atoms with van der Waals surface area (Å²) in [6.45, 7) is 9.95. The summed E-state index contributed by atoms with van der Waals surface area (Å²) in [5.41, 5.74) is 2.66. The van der Waals surface area contributed by atoms with E-state index in [0.29, 0.717) is 29.8 Å². The molecular formula is C27H31ClFN3O3. The molecule has 2 aliphatic rings. The Bertz CT molecular complexity index is 1230. The maximum Gasteiger partial charge on any atom is 0.152 e. The lowest BCUT2D eigenvalue weighted by molar-refractivity contribution is -0.189. The van der Waals surface area contributed by atoms with Gasteiger partial charge in [-0.25, -0.2) is 9.37 Å². The van der Waals surface area contributed by atoms with Crippen molar-refractivity contribution < 1.29 is 18.7 Å². The van der Waals surface area contributed by atoms with Gasteiger partial charge in [0.15, 0.2) is 5.78 Å². The summed E-state index contributed by atoms with van der Waals surface area (Å²) < 4.78 is 27.0. The molecule has 186 valence electrons. The molecule has 6 nitrogen and oxygen atoms in total. The highest BCUT2D eigenvalue weighted by atomic mass is 35.5. The first-order valence-electron chi connectivity index (χ1n) is 12.2. The maximum absolute atomic E-state index is 13.8. The van der Waals surface area contributed by atoms with Gasteiger partial charge in [0.1, 0.15) is 17.4 Å². The van der Waals surface area contributed by atoms with Crippen molar-refractivity contribution in [1.82, 2.24) is 14.5 Å². The highest BCUT2D eigenvalue weighted by molar-refractivity contribution is 6.31. The highest BCUT2D eigenvalue weighted by Gasteiger charge is 2.48. The minimum absolute atomic E-state index is 0.0246. The second kappa shape index (κ2) is 9.88. The average molecular weight is 500 g/mol. The Hall–Kier alpha value is -2.48. The van der Waals surface area contributed by atoms with Crippen molar-refractivity contribution in [2.24, 2.45) is 11.3 Å². The lowest BCUT2D eigenvalue weighted by Crippen LogP contribution is -2.65. The largest absolute Gasteiger partial charge is 0.493 e. The number of Topliss-reactive ketones (excluding diaryl/α,β-unsaturated/α-hetero) is 1. The third-order valence-corrected chi connectivity index (χ3v) is 6.98. The van der Waals surface area contributed by atoms with E-state index in [4.69, 9.17) is 26.1 Å². The van der Waals surface area contributed by atoms with Crippen LogP contribution in [0.5, 0.6) is 5.75 Å². The number of likely N-dealkylation sites (tertiary alicyclic amines) is 1. The number of benzene rings is 2. The van der Waals surface area contributed by atoms with E-state index in [0.717, 1.165) is 56.1 Å². The number of hydrogen-bond acceptors (Lipinski definition) is 5. The number of imidazole rings is 1. The SMILES string of the molecule is CC(C)CC(=O)Cn1c(-c2ccc(F)c(Cl)c2)nc2cc(OCCCN3CC4(COC4)C3)ccc21. The molecule has 0 atom stereocenters. The van der Waals surface area contributed by atoms with Crippen LogP contribution in [-0.2, 0) is 16.1 Å². The minimum Gasteiger partial charge on any atom is -0.493 e. The van der Waals surface area contributed by atoms with E-state index in [-0.39, 0.29) is 23.3 Å². The number of carbonyl (C=O) groups excluding carboxylic acids is 1. The fraction of sp³-hybridized carbons (Fsp3) is 0.481. The predicted octanol–water partition coefficient (Wildman–Crippen LogP) is 5.21. The van der Waals surface area contributed by atoms with Crippen molar-refractivity contribution in [1.29, 1.82) is 0 Å². The molecule has 0 saturated carbocycles. The third kappa shape index (κ3) is 5.22. The smallest absolute Gasteiger partial charge is 0.152 e. The van der Waals surface area contributed by atoms with E-state index in [9.17, 15) is 9.18 Å². The molecule has 3 heterocycles. The van der Waals surface area contributed by atoms with Gasteiger partial charge >= 0.3 is 0 Å². The highest BCUT2D eigenvalue weighted by Crippen LogP contribution is 2.37. The van der Waals surface area contributed by atoms with Crippen LogP contribution in [0, 0.1) is 17.2 Å².